The van der Waals surface area contributed by atoms with Gasteiger partial charge in [-0.25, -0.2) is 4.79 Å². The molecule has 24 heavy (non-hydrogen) atoms. The number of alkyl halides is 1. The van der Waals surface area contributed by atoms with E-state index in [1.165, 1.54) is 0 Å². The second kappa shape index (κ2) is 9.86. The lowest BCUT2D eigenvalue weighted by Gasteiger charge is -2.19. The molecule has 0 spiro atoms. The normalized spacial score (nSPS) is 13.0. The number of hydrogen-bond acceptors (Lipinski definition) is 6. The van der Waals surface area contributed by atoms with Crippen LogP contribution in [0, 0.1) is 5.92 Å². The second-order valence-electron chi connectivity index (χ2n) is 6.92. The first kappa shape index (κ1) is 22.7. The van der Waals surface area contributed by atoms with Crippen LogP contribution in [-0.4, -0.2) is 47.7 Å². The van der Waals surface area contributed by atoms with E-state index in [1.54, 1.807) is 41.5 Å². The third kappa shape index (κ3) is 11.3. The Morgan fingerprint density at radius 2 is 1.67 bits per heavy atom. The van der Waals surface area contributed by atoms with Crippen LogP contribution in [0.3, 0.4) is 0 Å². The molecule has 1 amide bonds. The Bertz CT molecular complexity index is 439. The molecule has 0 aliphatic rings. The van der Waals surface area contributed by atoms with Gasteiger partial charge in [0.1, 0.15) is 16.5 Å². The van der Waals surface area contributed by atoms with Crippen molar-refractivity contribution in [2.45, 2.75) is 57.9 Å². The van der Waals surface area contributed by atoms with E-state index < -0.39 is 33.9 Å². The van der Waals surface area contributed by atoms with Gasteiger partial charge in [0.15, 0.2) is 0 Å². The number of nitrogens with one attached hydrogen (secondary N) is 1. The van der Waals surface area contributed by atoms with Crippen LogP contribution in [0.5, 0.6) is 0 Å². The second-order valence-corrected chi connectivity index (χ2v) is 8.90. The standard InChI is InChI=1S/C16H28BrNO6/c1-11(10-23-13(20)16(5,6)17)12(19)22-9-7-8-18-14(21)24-15(2,3)4/h11H,7-10H2,1-6H3,(H,18,21). The first-order chi connectivity index (χ1) is 10.8. The Kier molecular flexibility index (Phi) is 9.32. The van der Waals surface area contributed by atoms with Crippen LogP contribution in [0.1, 0.15) is 48.0 Å². The number of ether oxygens (including phenoxy) is 3. The molecular formula is C16H28BrNO6. The van der Waals surface area contributed by atoms with Crippen LogP contribution >= 0.6 is 15.9 Å². The van der Waals surface area contributed by atoms with Gasteiger partial charge in [-0.2, -0.15) is 0 Å². The molecule has 0 heterocycles. The van der Waals surface area contributed by atoms with E-state index in [-0.39, 0.29) is 13.2 Å². The fraction of sp³-hybridized carbons (Fsp3) is 0.812. The minimum Gasteiger partial charge on any atom is -0.465 e. The highest BCUT2D eigenvalue weighted by Crippen LogP contribution is 2.18. The first-order valence-corrected chi connectivity index (χ1v) is 8.62. The maximum atomic E-state index is 11.8. The summed E-state index contributed by atoms with van der Waals surface area (Å²) in [5.41, 5.74) is -0.549. The lowest BCUT2D eigenvalue weighted by molar-refractivity contribution is -0.155. The Morgan fingerprint density at radius 1 is 1.08 bits per heavy atom. The number of alkyl carbamates (subject to hydrolysis) is 1. The predicted molar refractivity (Wildman–Crippen MR) is 92.9 cm³/mol. The van der Waals surface area contributed by atoms with Gasteiger partial charge in [-0.05, 0) is 48.0 Å². The molecule has 0 saturated heterocycles. The van der Waals surface area contributed by atoms with Gasteiger partial charge in [-0.3, -0.25) is 9.59 Å². The predicted octanol–water partition coefficient (Wildman–Crippen LogP) is 2.80. The first-order valence-electron chi connectivity index (χ1n) is 7.82. The Hall–Kier alpha value is -1.31. The summed E-state index contributed by atoms with van der Waals surface area (Å²) in [5.74, 6) is -1.45. The third-order valence-corrected chi connectivity index (χ3v) is 2.91. The SMILES string of the molecule is CC(COC(=O)C(C)(C)Br)C(=O)OCCCNC(=O)OC(C)(C)C. The number of amides is 1. The summed E-state index contributed by atoms with van der Waals surface area (Å²) in [6.45, 7) is 10.7. The molecule has 140 valence electrons. The molecule has 1 N–H and O–H groups in total. The van der Waals surface area contributed by atoms with E-state index in [4.69, 9.17) is 14.2 Å². The summed E-state index contributed by atoms with van der Waals surface area (Å²) in [4.78, 5) is 34.7. The van der Waals surface area contributed by atoms with Crippen molar-refractivity contribution < 1.29 is 28.6 Å². The summed E-state index contributed by atoms with van der Waals surface area (Å²) in [5, 5.41) is 2.57. The van der Waals surface area contributed by atoms with Crippen molar-refractivity contribution in [2.75, 3.05) is 19.8 Å². The van der Waals surface area contributed by atoms with Crippen LogP contribution in [0.15, 0.2) is 0 Å². The molecule has 1 unspecified atom stereocenters. The zero-order chi connectivity index (χ0) is 19.0. The van der Waals surface area contributed by atoms with Crippen molar-refractivity contribution in [3.05, 3.63) is 0 Å². The molecular weight excluding hydrogens is 382 g/mol. The molecule has 0 aromatic heterocycles. The number of esters is 2. The Labute approximate surface area is 151 Å². The third-order valence-electron chi connectivity index (χ3n) is 2.59. The van der Waals surface area contributed by atoms with Gasteiger partial charge < -0.3 is 19.5 Å². The highest BCUT2D eigenvalue weighted by Gasteiger charge is 2.27. The van der Waals surface area contributed by atoms with Crippen LogP contribution in [0.25, 0.3) is 0 Å². The van der Waals surface area contributed by atoms with Crippen molar-refractivity contribution >= 4 is 34.0 Å². The zero-order valence-electron chi connectivity index (χ0n) is 15.2. The lowest BCUT2D eigenvalue weighted by Crippen LogP contribution is -2.33. The minimum atomic E-state index is -0.788. The van der Waals surface area contributed by atoms with Gasteiger partial charge >= 0.3 is 18.0 Å². The van der Waals surface area contributed by atoms with E-state index in [2.05, 4.69) is 21.2 Å². The number of hydrogen-bond donors (Lipinski definition) is 1. The van der Waals surface area contributed by atoms with Crippen molar-refractivity contribution in [3.8, 4) is 0 Å². The Morgan fingerprint density at radius 3 is 2.17 bits per heavy atom. The highest BCUT2D eigenvalue weighted by atomic mass is 79.9. The highest BCUT2D eigenvalue weighted by molar-refractivity contribution is 9.10. The van der Waals surface area contributed by atoms with Crippen LogP contribution in [0.2, 0.25) is 0 Å². The van der Waals surface area contributed by atoms with Gasteiger partial charge in [-0.1, -0.05) is 15.9 Å². The zero-order valence-corrected chi connectivity index (χ0v) is 16.8. The van der Waals surface area contributed by atoms with E-state index in [1.807, 2.05) is 0 Å². The molecule has 0 aromatic rings. The number of halogens is 1. The van der Waals surface area contributed by atoms with Crippen molar-refractivity contribution in [1.82, 2.24) is 5.32 Å². The maximum Gasteiger partial charge on any atom is 0.407 e. The minimum absolute atomic E-state index is 0.0388. The van der Waals surface area contributed by atoms with Gasteiger partial charge in [0.05, 0.1) is 12.5 Å². The van der Waals surface area contributed by atoms with Gasteiger partial charge in [-0.15, -0.1) is 0 Å². The average molecular weight is 410 g/mol. The molecule has 7 nitrogen and oxygen atoms in total. The topological polar surface area (TPSA) is 90.9 Å². The fourth-order valence-electron chi connectivity index (χ4n) is 1.33. The summed E-state index contributed by atoms with van der Waals surface area (Å²) in [6.07, 6.45) is -0.0437. The summed E-state index contributed by atoms with van der Waals surface area (Å²) >= 11 is 3.18. The summed E-state index contributed by atoms with van der Waals surface area (Å²) < 4.78 is 14.4. The molecule has 0 fully saturated rings. The molecule has 0 saturated carbocycles. The molecule has 1 atom stereocenters. The molecule has 0 rings (SSSR count). The van der Waals surface area contributed by atoms with Crippen LogP contribution in [-0.2, 0) is 23.8 Å². The van der Waals surface area contributed by atoms with Crippen molar-refractivity contribution in [2.24, 2.45) is 5.92 Å². The summed E-state index contributed by atoms with van der Waals surface area (Å²) in [7, 11) is 0. The van der Waals surface area contributed by atoms with Gasteiger partial charge in [0.25, 0.3) is 0 Å². The molecule has 0 aliphatic carbocycles. The van der Waals surface area contributed by atoms with E-state index in [0.29, 0.717) is 13.0 Å². The largest absolute Gasteiger partial charge is 0.465 e. The molecule has 0 aromatic carbocycles. The number of carbonyl (C=O) groups excluding carboxylic acids is 3. The molecule has 0 aliphatic heterocycles. The number of rotatable bonds is 8. The number of carbonyl (C=O) groups is 3. The van der Waals surface area contributed by atoms with E-state index in [0.717, 1.165) is 0 Å². The molecule has 0 bridgehead atoms. The summed E-state index contributed by atoms with van der Waals surface area (Å²) in [6, 6.07) is 0. The van der Waals surface area contributed by atoms with E-state index in [9.17, 15) is 14.4 Å². The van der Waals surface area contributed by atoms with Crippen molar-refractivity contribution in [3.63, 3.8) is 0 Å². The van der Waals surface area contributed by atoms with Crippen LogP contribution < -0.4 is 5.32 Å². The maximum absolute atomic E-state index is 11.8. The molecule has 0 radical (unpaired) electrons. The lowest BCUT2D eigenvalue weighted by atomic mass is 10.2. The average Bonchev–Trinajstić information content (AvgIpc) is 2.40. The van der Waals surface area contributed by atoms with Crippen molar-refractivity contribution in [1.29, 1.82) is 0 Å². The molecule has 8 heteroatoms. The van der Waals surface area contributed by atoms with Crippen LogP contribution in [0.4, 0.5) is 4.79 Å². The van der Waals surface area contributed by atoms with Gasteiger partial charge in [0, 0.05) is 6.54 Å². The van der Waals surface area contributed by atoms with E-state index >= 15 is 0 Å². The fourth-order valence-corrected chi connectivity index (χ4v) is 1.45. The monoisotopic (exact) mass is 409 g/mol. The smallest absolute Gasteiger partial charge is 0.407 e. The quantitative estimate of drug-likeness (QED) is 0.286. The Balaban J connectivity index is 3.86. The van der Waals surface area contributed by atoms with Gasteiger partial charge in [0.2, 0.25) is 0 Å².